The molecule has 0 aromatic carbocycles. The van der Waals surface area contributed by atoms with Crippen LogP contribution in [0.5, 0.6) is 5.88 Å². The minimum Gasteiger partial charge on any atom is -0.480 e. The van der Waals surface area contributed by atoms with Crippen LogP contribution in [0, 0.1) is 0 Å². The lowest BCUT2D eigenvalue weighted by Crippen LogP contribution is -2.44. The Bertz CT molecular complexity index is 442. The first-order valence-electron chi connectivity index (χ1n) is 7.26. The van der Waals surface area contributed by atoms with Gasteiger partial charge in [0.2, 0.25) is 5.88 Å². The molecule has 5 heteroatoms. The average Bonchev–Trinajstić information content (AvgIpc) is 2.49. The van der Waals surface area contributed by atoms with Crippen LogP contribution < -0.4 is 10.1 Å². The Kier molecular flexibility index (Phi) is 5.35. The molecule has 1 saturated heterocycles. The molecule has 2 heterocycles. The van der Waals surface area contributed by atoms with Gasteiger partial charge < -0.3 is 15.0 Å². The highest BCUT2D eigenvalue weighted by Gasteiger charge is 2.22. The van der Waals surface area contributed by atoms with Crippen LogP contribution in [-0.2, 0) is 0 Å². The summed E-state index contributed by atoms with van der Waals surface area (Å²) in [5.41, 5.74) is 0.506. The van der Waals surface area contributed by atoms with Crippen molar-refractivity contribution in [2.45, 2.75) is 32.2 Å². The van der Waals surface area contributed by atoms with Crippen molar-refractivity contribution >= 4 is 5.91 Å². The number of ether oxygens (including phenoxy) is 1. The van der Waals surface area contributed by atoms with E-state index in [4.69, 9.17) is 4.74 Å². The molecule has 0 spiro atoms. The molecule has 0 bridgehead atoms. The van der Waals surface area contributed by atoms with E-state index < -0.39 is 0 Å². The first-order chi connectivity index (χ1) is 9.74. The number of likely N-dealkylation sites (tertiary alicyclic amines) is 1. The second-order valence-corrected chi connectivity index (χ2v) is 5.15. The number of nitrogens with one attached hydrogen (secondary N) is 1. The van der Waals surface area contributed by atoms with Crippen LogP contribution in [0.2, 0.25) is 0 Å². The number of carbonyl (C=O) groups is 1. The zero-order chi connectivity index (χ0) is 14.4. The topological polar surface area (TPSA) is 54.5 Å². The van der Waals surface area contributed by atoms with E-state index in [-0.39, 0.29) is 11.9 Å². The molecule has 0 radical (unpaired) electrons. The molecule has 2 rings (SSSR count). The largest absolute Gasteiger partial charge is 0.480 e. The Morgan fingerprint density at radius 2 is 2.25 bits per heavy atom. The quantitative estimate of drug-likeness (QED) is 0.890. The Labute approximate surface area is 120 Å². The maximum atomic E-state index is 12.3. The maximum Gasteiger partial charge on any atom is 0.256 e. The lowest BCUT2D eigenvalue weighted by Gasteiger charge is -2.32. The summed E-state index contributed by atoms with van der Waals surface area (Å²) < 4.78 is 5.12. The number of hydrogen-bond donors (Lipinski definition) is 1. The molecule has 1 aliphatic heterocycles. The van der Waals surface area contributed by atoms with Crippen molar-refractivity contribution in [3.05, 3.63) is 23.9 Å². The predicted molar refractivity (Wildman–Crippen MR) is 78.0 cm³/mol. The van der Waals surface area contributed by atoms with Gasteiger partial charge in [0.1, 0.15) is 5.56 Å². The Morgan fingerprint density at radius 3 is 2.90 bits per heavy atom. The minimum absolute atomic E-state index is 0.0936. The van der Waals surface area contributed by atoms with Gasteiger partial charge in [0.15, 0.2) is 0 Å². The second-order valence-electron chi connectivity index (χ2n) is 5.15. The molecule has 5 nitrogen and oxygen atoms in total. The third-order valence-corrected chi connectivity index (χ3v) is 3.67. The summed E-state index contributed by atoms with van der Waals surface area (Å²) in [5, 5.41) is 3.09. The molecule has 1 N–H and O–H groups in total. The predicted octanol–water partition coefficient (Wildman–Crippen LogP) is 1.69. The van der Waals surface area contributed by atoms with E-state index >= 15 is 0 Å². The Morgan fingerprint density at radius 1 is 1.50 bits per heavy atom. The highest BCUT2D eigenvalue weighted by atomic mass is 16.5. The van der Waals surface area contributed by atoms with Crippen LogP contribution in [0.4, 0.5) is 0 Å². The monoisotopic (exact) mass is 277 g/mol. The zero-order valence-corrected chi connectivity index (χ0v) is 12.3. The zero-order valence-electron chi connectivity index (χ0n) is 12.3. The molecular formula is C15H23N3O2. The Hall–Kier alpha value is -1.62. The second kappa shape index (κ2) is 7.24. The molecule has 0 saturated carbocycles. The van der Waals surface area contributed by atoms with Crippen molar-refractivity contribution in [1.29, 1.82) is 0 Å². The highest BCUT2D eigenvalue weighted by molar-refractivity contribution is 5.96. The van der Waals surface area contributed by atoms with Gasteiger partial charge in [-0.05, 0) is 37.9 Å². The average molecular weight is 277 g/mol. The number of amides is 1. The third kappa shape index (κ3) is 3.70. The molecule has 1 aliphatic rings. The summed E-state index contributed by atoms with van der Waals surface area (Å²) in [4.78, 5) is 18.8. The van der Waals surface area contributed by atoms with E-state index in [1.54, 1.807) is 18.3 Å². The van der Waals surface area contributed by atoms with E-state index in [0.29, 0.717) is 11.4 Å². The van der Waals surface area contributed by atoms with Gasteiger partial charge in [-0.25, -0.2) is 4.98 Å². The fourth-order valence-corrected chi connectivity index (χ4v) is 2.61. The van der Waals surface area contributed by atoms with Crippen molar-refractivity contribution in [1.82, 2.24) is 15.2 Å². The lowest BCUT2D eigenvalue weighted by atomic mass is 10.0. The summed E-state index contributed by atoms with van der Waals surface area (Å²) in [6, 6.07) is 3.75. The first-order valence-corrected chi connectivity index (χ1v) is 7.26. The van der Waals surface area contributed by atoms with Gasteiger partial charge >= 0.3 is 0 Å². The number of nitrogens with zero attached hydrogens (tertiary/aromatic N) is 2. The number of rotatable bonds is 5. The van der Waals surface area contributed by atoms with Crippen LogP contribution in [0.3, 0.4) is 0 Å². The molecule has 110 valence electrons. The Balaban J connectivity index is 1.89. The van der Waals surface area contributed by atoms with Crippen molar-refractivity contribution in [2.24, 2.45) is 0 Å². The standard InChI is InChI=1S/C15H23N3O2/c1-3-9-18-10-6-12(7-11-18)17-14(19)13-5-4-8-16-15(13)20-2/h4-5,8,12H,3,6-7,9-11H2,1-2H3,(H,17,19). The third-order valence-electron chi connectivity index (χ3n) is 3.67. The molecule has 0 aliphatic carbocycles. The molecule has 1 aromatic rings. The van der Waals surface area contributed by atoms with Crippen LogP contribution >= 0.6 is 0 Å². The number of hydrogen-bond acceptors (Lipinski definition) is 4. The molecule has 0 atom stereocenters. The SMILES string of the molecule is CCCN1CCC(NC(=O)c2cccnc2OC)CC1. The van der Waals surface area contributed by atoms with E-state index in [9.17, 15) is 4.79 Å². The van der Waals surface area contributed by atoms with Gasteiger partial charge in [-0.15, -0.1) is 0 Å². The van der Waals surface area contributed by atoms with Crippen LogP contribution in [0.1, 0.15) is 36.5 Å². The number of pyridine rings is 1. The molecule has 1 amide bonds. The highest BCUT2D eigenvalue weighted by Crippen LogP contribution is 2.16. The smallest absolute Gasteiger partial charge is 0.256 e. The van der Waals surface area contributed by atoms with Crippen LogP contribution in [0.15, 0.2) is 18.3 Å². The van der Waals surface area contributed by atoms with Gasteiger partial charge in [-0.3, -0.25) is 4.79 Å². The number of carbonyl (C=O) groups excluding carboxylic acids is 1. The van der Waals surface area contributed by atoms with Gasteiger partial charge in [0.25, 0.3) is 5.91 Å². The van der Waals surface area contributed by atoms with Gasteiger partial charge in [0.05, 0.1) is 7.11 Å². The molecule has 1 fully saturated rings. The summed E-state index contributed by atoms with van der Waals surface area (Å²) in [7, 11) is 1.53. The molecular weight excluding hydrogens is 254 g/mol. The summed E-state index contributed by atoms with van der Waals surface area (Å²) >= 11 is 0. The fraction of sp³-hybridized carbons (Fsp3) is 0.600. The molecule has 0 unspecified atom stereocenters. The van der Waals surface area contributed by atoms with E-state index in [0.717, 1.165) is 32.5 Å². The normalized spacial score (nSPS) is 16.9. The van der Waals surface area contributed by atoms with Crippen molar-refractivity contribution < 1.29 is 9.53 Å². The molecule has 20 heavy (non-hydrogen) atoms. The minimum atomic E-state index is -0.0936. The first kappa shape index (κ1) is 14.8. The summed E-state index contributed by atoms with van der Waals surface area (Å²) in [5.74, 6) is 0.289. The van der Waals surface area contributed by atoms with E-state index in [1.807, 2.05) is 0 Å². The summed E-state index contributed by atoms with van der Waals surface area (Å²) in [6.45, 7) is 5.46. The van der Waals surface area contributed by atoms with Gasteiger partial charge in [-0.1, -0.05) is 6.92 Å². The van der Waals surface area contributed by atoms with Crippen molar-refractivity contribution in [3.8, 4) is 5.88 Å². The number of aromatic nitrogens is 1. The fourth-order valence-electron chi connectivity index (χ4n) is 2.61. The maximum absolute atomic E-state index is 12.3. The van der Waals surface area contributed by atoms with Crippen molar-refractivity contribution in [3.63, 3.8) is 0 Å². The van der Waals surface area contributed by atoms with Gasteiger partial charge in [0, 0.05) is 25.3 Å². The lowest BCUT2D eigenvalue weighted by molar-refractivity contribution is 0.0907. The van der Waals surface area contributed by atoms with Crippen molar-refractivity contribution in [2.75, 3.05) is 26.7 Å². The number of methoxy groups -OCH3 is 1. The molecule has 1 aromatic heterocycles. The number of piperidine rings is 1. The van der Waals surface area contributed by atoms with Crippen LogP contribution in [0.25, 0.3) is 0 Å². The van der Waals surface area contributed by atoms with Crippen LogP contribution in [-0.4, -0.2) is 48.6 Å². The van der Waals surface area contributed by atoms with Gasteiger partial charge in [-0.2, -0.15) is 0 Å². The summed E-state index contributed by atoms with van der Waals surface area (Å²) in [6.07, 6.45) is 4.82. The van der Waals surface area contributed by atoms with E-state index in [1.165, 1.54) is 13.5 Å². The van der Waals surface area contributed by atoms with E-state index in [2.05, 4.69) is 22.1 Å².